The topological polar surface area (TPSA) is 42.2 Å². The molecule has 0 atom stereocenters. The third-order valence-corrected chi connectivity index (χ3v) is 2.77. The van der Waals surface area contributed by atoms with Gasteiger partial charge >= 0.3 is 6.18 Å². The average molecular weight is 245 g/mol. The number of rotatable bonds is 3. The zero-order valence-corrected chi connectivity index (χ0v) is 9.46. The van der Waals surface area contributed by atoms with Gasteiger partial charge in [0.1, 0.15) is 12.4 Å². The SMILES string of the molecule is Cc1cc(N(CC(F)(F)F)C2CC2)ncc1N. The van der Waals surface area contributed by atoms with Crippen LogP contribution in [0.5, 0.6) is 0 Å². The van der Waals surface area contributed by atoms with Crippen LogP contribution in [0.1, 0.15) is 18.4 Å². The number of hydrogen-bond donors (Lipinski definition) is 1. The molecule has 3 nitrogen and oxygen atoms in total. The summed E-state index contributed by atoms with van der Waals surface area (Å²) in [4.78, 5) is 5.30. The molecule has 0 spiro atoms. The third-order valence-electron chi connectivity index (χ3n) is 2.77. The van der Waals surface area contributed by atoms with Crippen molar-refractivity contribution in [1.29, 1.82) is 0 Å². The highest BCUT2D eigenvalue weighted by Gasteiger charge is 2.38. The van der Waals surface area contributed by atoms with Crippen LogP contribution in [0.2, 0.25) is 0 Å². The minimum Gasteiger partial charge on any atom is -0.397 e. The zero-order valence-electron chi connectivity index (χ0n) is 9.46. The van der Waals surface area contributed by atoms with Gasteiger partial charge in [0.15, 0.2) is 0 Å². The highest BCUT2D eigenvalue weighted by molar-refractivity contribution is 5.53. The summed E-state index contributed by atoms with van der Waals surface area (Å²) in [5.74, 6) is 0.358. The molecule has 1 aromatic rings. The molecular weight excluding hydrogens is 231 g/mol. The van der Waals surface area contributed by atoms with Crippen molar-refractivity contribution in [3.05, 3.63) is 17.8 Å². The van der Waals surface area contributed by atoms with E-state index in [-0.39, 0.29) is 6.04 Å². The van der Waals surface area contributed by atoms with Gasteiger partial charge in [0.2, 0.25) is 0 Å². The van der Waals surface area contributed by atoms with Crippen LogP contribution in [0.3, 0.4) is 0 Å². The van der Waals surface area contributed by atoms with E-state index in [0.29, 0.717) is 11.5 Å². The zero-order chi connectivity index (χ0) is 12.6. The maximum Gasteiger partial charge on any atom is 0.405 e. The maximum atomic E-state index is 12.5. The highest BCUT2D eigenvalue weighted by Crippen LogP contribution is 2.34. The summed E-state index contributed by atoms with van der Waals surface area (Å²) in [6, 6.07) is 1.58. The number of aromatic nitrogens is 1. The van der Waals surface area contributed by atoms with Crippen LogP contribution in [0.4, 0.5) is 24.7 Å². The van der Waals surface area contributed by atoms with E-state index in [1.54, 1.807) is 13.0 Å². The van der Waals surface area contributed by atoms with E-state index in [2.05, 4.69) is 4.98 Å². The third kappa shape index (κ3) is 3.01. The Morgan fingerprint density at radius 3 is 2.59 bits per heavy atom. The van der Waals surface area contributed by atoms with Gasteiger partial charge in [0.05, 0.1) is 11.9 Å². The van der Waals surface area contributed by atoms with Crippen molar-refractivity contribution in [2.75, 3.05) is 17.2 Å². The second-order valence-electron chi connectivity index (χ2n) is 4.37. The minimum absolute atomic E-state index is 0.0350. The summed E-state index contributed by atoms with van der Waals surface area (Å²) < 4.78 is 37.4. The molecule has 0 aliphatic heterocycles. The first-order valence-electron chi connectivity index (χ1n) is 5.42. The molecule has 17 heavy (non-hydrogen) atoms. The van der Waals surface area contributed by atoms with E-state index < -0.39 is 12.7 Å². The van der Waals surface area contributed by atoms with Gasteiger partial charge in [0, 0.05) is 6.04 Å². The Bertz CT molecular complexity index is 413. The number of hydrogen-bond acceptors (Lipinski definition) is 3. The standard InChI is InChI=1S/C11H14F3N3/c1-7-4-10(16-5-9(7)15)17(8-2-3-8)6-11(12,13)14/h4-5,8H,2-3,6,15H2,1H3. The molecule has 1 aliphatic rings. The Labute approximate surface area is 97.4 Å². The normalized spacial score (nSPS) is 16.0. The first-order valence-corrected chi connectivity index (χ1v) is 5.42. The minimum atomic E-state index is -4.21. The summed E-state index contributed by atoms with van der Waals surface area (Å²) >= 11 is 0. The maximum absolute atomic E-state index is 12.5. The van der Waals surface area contributed by atoms with Crippen molar-refractivity contribution >= 4 is 11.5 Å². The highest BCUT2D eigenvalue weighted by atomic mass is 19.4. The molecule has 1 aromatic heterocycles. The van der Waals surface area contributed by atoms with Gasteiger partial charge in [-0.2, -0.15) is 13.2 Å². The summed E-state index contributed by atoms with van der Waals surface area (Å²) in [6.45, 7) is 0.813. The molecule has 1 aliphatic carbocycles. The molecule has 0 unspecified atom stereocenters. The number of nitrogen functional groups attached to an aromatic ring is 1. The van der Waals surface area contributed by atoms with Crippen molar-refractivity contribution in [1.82, 2.24) is 4.98 Å². The predicted octanol–water partition coefficient (Wildman–Crippen LogP) is 2.50. The number of anilines is 2. The van der Waals surface area contributed by atoms with Crippen LogP contribution in [0.15, 0.2) is 12.3 Å². The molecular formula is C11H14F3N3. The van der Waals surface area contributed by atoms with E-state index in [0.717, 1.165) is 18.4 Å². The van der Waals surface area contributed by atoms with Crippen molar-refractivity contribution in [2.45, 2.75) is 32.0 Å². The van der Waals surface area contributed by atoms with Gasteiger partial charge in [-0.25, -0.2) is 4.98 Å². The lowest BCUT2D eigenvalue weighted by atomic mass is 10.2. The number of aryl methyl sites for hydroxylation is 1. The van der Waals surface area contributed by atoms with Crippen LogP contribution in [-0.2, 0) is 0 Å². The van der Waals surface area contributed by atoms with Crippen LogP contribution >= 0.6 is 0 Å². The van der Waals surface area contributed by atoms with E-state index in [1.165, 1.54) is 11.1 Å². The Kier molecular flexibility index (Phi) is 2.89. The fourth-order valence-electron chi connectivity index (χ4n) is 1.69. The summed E-state index contributed by atoms with van der Waals surface area (Å²) in [7, 11) is 0. The number of pyridine rings is 1. The van der Waals surface area contributed by atoms with E-state index in [9.17, 15) is 13.2 Å². The van der Waals surface area contributed by atoms with Gasteiger partial charge in [-0.05, 0) is 31.4 Å². The Hall–Kier alpha value is -1.46. The summed E-state index contributed by atoms with van der Waals surface area (Å²) in [6.07, 6.45) is -1.21. The Morgan fingerprint density at radius 1 is 1.47 bits per heavy atom. The van der Waals surface area contributed by atoms with Gasteiger partial charge in [0.25, 0.3) is 0 Å². The van der Waals surface area contributed by atoms with Crippen LogP contribution in [0.25, 0.3) is 0 Å². The van der Waals surface area contributed by atoms with Gasteiger partial charge in [-0.3, -0.25) is 0 Å². The Morgan fingerprint density at radius 2 is 2.12 bits per heavy atom. The molecule has 0 bridgehead atoms. The predicted molar refractivity (Wildman–Crippen MR) is 59.8 cm³/mol. The van der Waals surface area contributed by atoms with Crippen LogP contribution < -0.4 is 10.6 Å². The molecule has 2 rings (SSSR count). The van der Waals surface area contributed by atoms with Gasteiger partial charge in [-0.1, -0.05) is 0 Å². The summed E-state index contributed by atoms with van der Waals surface area (Å²) in [5.41, 5.74) is 6.85. The quantitative estimate of drug-likeness (QED) is 0.889. The van der Waals surface area contributed by atoms with Crippen LogP contribution in [0, 0.1) is 6.92 Å². The molecule has 0 saturated heterocycles. The van der Waals surface area contributed by atoms with Crippen molar-refractivity contribution in [3.63, 3.8) is 0 Å². The number of alkyl halides is 3. The molecule has 0 aromatic carbocycles. The molecule has 1 saturated carbocycles. The van der Waals surface area contributed by atoms with Gasteiger partial charge in [-0.15, -0.1) is 0 Å². The van der Waals surface area contributed by atoms with Crippen molar-refractivity contribution < 1.29 is 13.2 Å². The van der Waals surface area contributed by atoms with E-state index in [4.69, 9.17) is 5.73 Å². The molecule has 1 fully saturated rings. The fourth-order valence-corrected chi connectivity index (χ4v) is 1.69. The fraction of sp³-hybridized carbons (Fsp3) is 0.545. The second-order valence-corrected chi connectivity index (χ2v) is 4.37. The van der Waals surface area contributed by atoms with Crippen molar-refractivity contribution in [2.24, 2.45) is 0 Å². The molecule has 2 N–H and O–H groups in total. The lowest BCUT2D eigenvalue weighted by molar-refractivity contribution is -0.120. The monoisotopic (exact) mass is 245 g/mol. The molecule has 0 radical (unpaired) electrons. The van der Waals surface area contributed by atoms with Crippen molar-refractivity contribution in [3.8, 4) is 0 Å². The summed E-state index contributed by atoms with van der Waals surface area (Å²) in [5, 5.41) is 0. The second kappa shape index (κ2) is 4.09. The smallest absolute Gasteiger partial charge is 0.397 e. The molecule has 94 valence electrons. The lowest BCUT2D eigenvalue weighted by Crippen LogP contribution is -2.36. The molecule has 0 amide bonds. The van der Waals surface area contributed by atoms with Gasteiger partial charge < -0.3 is 10.6 Å². The molecule has 1 heterocycles. The number of nitrogens with two attached hydrogens (primary N) is 1. The average Bonchev–Trinajstić information content (AvgIpc) is 3.01. The first kappa shape index (κ1) is 12.0. The molecule has 6 heteroatoms. The van der Waals surface area contributed by atoms with Crippen LogP contribution in [-0.4, -0.2) is 23.7 Å². The Balaban J connectivity index is 2.23. The number of halogens is 3. The number of nitrogens with zero attached hydrogens (tertiary/aromatic N) is 2. The first-order chi connectivity index (χ1) is 7.87. The van der Waals surface area contributed by atoms with E-state index >= 15 is 0 Å². The largest absolute Gasteiger partial charge is 0.405 e. The lowest BCUT2D eigenvalue weighted by Gasteiger charge is -2.25. The van der Waals surface area contributed by atoms with E-state index in [1.807, 2.05) is 0 Å².